The molecule has 1 saturated heterocycles. The summed E-state index contributed by atoms with van der Waals surface area (Å²) in [6.45, 7) is 1.14. The zero-order chi connectivity index (χ0) is 14.8. The fourth-order valence-corrected chi connectivity index (χ4v) is 5.36. The van der Waals surface area contributed by atoms with Crippen molar-refractivity contribution in [3.05, 3.63) is 28.2 Å². The molecule has 0 saturated carbocycles. The van der Waals surface area contributed by atoms with Gasteiger partial charge in [0, 0.05) is 19.1 Å². The first kappa shape index (κ1) is 16.0. The largest absolute Gasteiger partial charge is 0.318 e. The maximum absolute atomic E-state index is 12.8. The van der Waals surface area contributed by atoms with Crippen molar-refractivity contribution in [3.8, 4) is 0 Å². The Kier molecular flexibility index (Phi) is 5.31. The predicted molar refractivity (Wildman–Crippen MR) is 81.9 cm³/mol. The van der Waals surface area contributed by atoms with Crippen molar-refractivity contribution >= 4 is 33.2 Å². The van der Waals surface area contributed by atoms with Gasteiger partial charge in [0.2, 0.25) is 10.0 Å². The molecular formula is C13H18Cl2N2O2S. The molecule has 0 radical (unpaired) electrons. The van der Waals surface area contributed by atoms with Gasteiger partial charge in [-0.25, -0.2) is 8.42 Å². The van der Waals surface area contributed by atoms with E-state index in [-0.39, 0.29) is 21.0 Å². The van der Waals surface area contributed by atoms with Crippen LogP contribution in [0.5, 0.6) is 0 Å². The van der Waals surface area contributed by atoms with E-state index < -0.39 is 10.0 Å². The van der Waals surface area contributed by atoms with Crippen LogP contribution in [0.4, 0.5) is 0 Å². The van der Waals surface area contributed by atoms with E-state index in [0.29, 0.717) is 13.1 Å². The monoisotopic (exact) mass is 336 g/mol. The number of nitrogens with zero attached hydrogens (tertiary/aromatic N) is 1. The average molecular weight is 337 g/mol. The Morgan fingerprint density at radius 2 is 1.95 bits per heavy atom. The van der Waals surface area contributed by atoms with E-state index in [1.807, 2.05) is 7.05 Å². The number of piperidine rings is 1. The number of rotatable bonds is 4. The molecule has 7 heteroatoms. The van der Waals surface area contributed by atoms with Crippen LogP contribution in [-0.2, 0) is 10.0 Å². The van der Waals surface area contributed by atoms with Crippen LogP contribution in [0.15, 0.2) is 23.1 Å². The molecule has 1 heterocycles. The third-order valence-corrected chi connectivity index (χ3v) is 6.41. The molecule has 1 aromatic rings. The maximum Gasteiger partial charge on any atom is 0.246 e. The molecule has 4 nitrogen and oxygen atoms in total. The third-order valence-electron chi connectivity index (χ3n) is 3.50. The summed E-state index contributed by atoms with van der Waals surface area (Å²) in [5.41, 5.74) is 0. The molecule has 1 aliphatic heterocycles. The summed E-state index contributed by atoms with van der Waals surface area (Å²) in [5.74, 6) is 0. The molecule has 0 aliphatic carbocycles. The first-order valence-corrected chi connectivity index (χ1v) is 8.78. The second kappa shape index (κ2) is 6.62. The van der Waals surface area contributed by atoms with Crippen molar-refractivity contribution in [2.24, 2.45) is 0 Å². The summed E-state index contributed by atoms with van der Waals surface area (Å²) < 4.78 is 27.2. The molecule has 112 valence electrons. The van der Waals surface area contributed by atoms with Crippen molar-refractivity contribution in [2.45, 2.75) is 30.2 Å². The lowest BCUT2D eigenvalue weighted by molar-refractivity contribution is 0.249. The minimum absolute atomic E-state index is 0.0198. The summed E-state index contributed by atoms with van der Waals surface area (Å²) in [6, 6.07) is 4.70. The van der Waals surface area contributed by atoms with Gasteiger partial charge in [0.15, 0.2) is 0 Å². The van der Waals surface area contributed by atoms with E-state index in [0.717, 1.165) is 19.3 Å². The second-order valence-corrected chi connectivity index (χ2v) is 7.52. The highest BCUT2D eigenvalue weighted by Gasteiger charge is 2.35. The van der Waals surface area contributed by atoms with Gasteiger partial charge in [-0.2, -0.15) is 4.31 Å². The average Bonchev–Trinajstić information content (AvgIpc) is 2.39. The fourth-order valence-electron chi connectivity index (χ4n) is 2.58. The van der Waals surface area contributed by atoms with Crippen LogP contribution in [0.25, 0.3) is 0 Å². The Morgan fingerprint density at radius 1 is 1.30 bits per heavy atom. The molecule has 2 rings (SSSR count). The van der Waals surface area contributed by atoms with Gasteiger partial charge >= 0.3 is 0 Å². The molecule has 0 spiro atoms. The minimum Gasteiger partial charge on any atom is -0.318 e. The first-order chi connectivity index (χ1) is 9.48. The van der Waals surface area contributed by atoms with Crippen LogP contribution in [-0.4, -0.2) is 38.9 Å². The van der Waals surface area contributed by atoms with Gasteiger partial charge in [-0.15, -0.1) is 0 Å². The van der Waals surface area contributed by atoms with Gasteiger partial charge in [-0.1, -0.05) is 35.7 Å². The smallest absolute Gasteiger partial charge is 0.246 e. The molecule has 0 bridgehead atoms. The molecule has 1 aromatic carbocycles. The Labute approximate surface area is 130 Å². The highest BCUT2D eigenvalue weighted by molar-refractivity contribution is 7.89. The van der Waals surface area contributed by atoms with Crippen LogP contribution < -0.4 is 5.32 Å². The highest BCUT2D eigenvalue weighted by atomic mass is 35.5. The molecule has 20 heavy (non-hydrogen) atoms. The number of likely N-dealkylation sites (N-methyl/N-ethyl adjacent to an activating group) is 1. The van der Waals surface area contributed by atoms with Gasteiger partial charge in [-0.3, -0.25) is 0 Å². The van der Waals surface area contributed by atoms with Crippen LogP contribution in [0.3, 0.4) is 0 Å². The Morgan fingerprint density at radius 3 is 2.55 bits per heavy atom. The van der Waals surface area contributed by atoms with E-state index in [9.17, 15) is 8.42 Å². The predicted octanol–water partition coefficient (Wildman–Crippen LogP) is 2.76. The number of sulfonamides is 1. The van der Waals surface area contributed by atoms with Gasteiger partial charge in [0.25, 0.3) is 0 Å². The van der Waals surface area contributed by atoms with Crippen LogP contribution in [0.2, 0.25) is 10.0 Å². The molecular weight excluding hydrogens is 319 g/mol. The number of hydrogen-bond donors (Lipinski definition) is 1. The number of benzene rings is 1. The lowest BCUT2D eigenvalue weighted by Crippen LogP contribution is -2.48. The first-order valence-electron chi connectivity index (χ1n) is 6.59. The van der Waals surface area contributed by atoms with Crippen molar-refractivity contribution in [2.75, 3.05) is 20.1 Å². The summed E-state index contributed by atoms with van der Waals surface area (Å²) in [6.07, 6.45) is 2.75. The molecule has 1 unspecified atom stereocenters. The van der Waals surface area contributed by atoms with Gasteiger partial charge in [-0.05, 0) is 32.0 Å². The van der Waals surface area contributed by atoms with Crippen LogP contribution >= 0.6 is 23.2 Å². The van der Waals surface area contributed by atoms with Crippen LogP contribution in [0, 0.1) is 0 Å². The van der Waals surface area contributed by atoms with Crippen molar-refractivity contribution < 1.29 is 8.42 Å². The molecule has 1 N–H and O–H groups in total. The molecule has 0 aromatic heterocycles. The second-order valence-electron chi connectivity index (χ2n) is 4.87. The Bertz CT molecular complexity index is 555. The van der Waals surface area contributed by atoms with E-state index >= 15 is 0 Å². The quantitative estimate of drug-likeness (QED) is 0.919. The molecule has 0 amide bonds. The van der Waals surface area contributed by atoms with Crippen molar-refractivity contribution in [1.29, 1.82) is 0 Å². The van der Waals surface area contributed by atoms with Gasteiger partial charge in [0.05, 0.1) is 10.0 Å². The lowest BCUT2D eigenvalue weighted by atomic mass is 10.1. The molecule has 1 atom stereocenters. The normalized spacial score (nSPS) is 21.1. The number of hydrogen-bond acceptors (Lipinski definition) is 3. The summed E-state index contributed by atoms with van der Waals surface area (Å²) >= 11 is 12.1. The zero-order valence-electron chi connectivity index (χ0n) is 11.3. The number of halogens is 2. The van der Waals surface area contributed by atoms with E-state index in [1.165, 1.54) is 4.31 Å². The van der Waals surface area contributed by atoms with E-state index in [2.05, 4.69) is 5.32 Å². The van der Waals surface area contributed by atoms with Gasteiger partial charge < -0.3 is 5.32 Å². The fraction of sp³-hybridized carbons (Fsp3) is 0.538. The standard InChI is InChI=1S/C13H18Cl2N2O2S/c1-16-9-10-5-2-3-8-17(10)20(18,19)13-11(14)6-4-7-12(13)15/h4,6-7,10,16H,2-3,5,8-9H2,1H3. The van der Waals surface area contributed by atoms with E-state index in [1.54, 1.807) is 18.2 Å². The van der Waals surface area contributed by atoms with Crippen molar-refractivity contribution in [1.82, 2.24) is 9.62 Å². The maximum atomic E-state index is 12.8. The summed E-state index contributed by atoms with van der Waals surface area (Å²) in [7, 11) is -1.84. The van der Waals surface area contributed by atoms with Gasteiger partial charge in [0.1, 0.15) is 4.90 Å². The minimum atomic E-state index is -3.67. The zero-order valence-corrected chi connectivity index (χ0v) is 13.6. The van der Waals surface area contributed by atoms with Crippen molar-refractivity contribution in [3.63, 3.8) is 0 Å². The third kappa shape index (κ3) is 3.12. The SMILES string of the molecule is CNCC1CCCCN1S(=O)(=O)c1c(Cl)cccc1Cl. The summed E-state index contributed by atoms with van der Waals surface area (Å²) in [4.78, 5) is 0.0198. The molecule has 1 aliphatic rings. The summed E-state index contributed by atoms with van der Waals surface area (Å²) in [5, 5.41) is 3.39. The number of nitrogens with one attached hydrogen (secondary N) is 1. The topological polar surface area (TPSA) is 49.4 Å². The lowest BCUT2D eigenvalue weighted by Gasteiger charge is -2.35. The Hall–Kier alpha value is -0.330. The molecule has 1 fully saturated rings. The highest BCUT2D eigenvalue weighted by Crippen LogP contribution is 2.34. The van der Waals surface area contributed by atoms with Crippen LogP contribution in [0.1, 0.15) is 19.3 Å². The van der Waals surface area contributed by atoms with E-state index in [4.69, 9.17) is 23.2 Å². The Balaban J connectivity index is 2.42.